The Morgan fingerprint density at radius 1 is 1.60 bits per heavy atom. The van der Waals surface area contributed by atoms with Gasteiger partial charge in [-0.1, -0.05) is 25.9 Å². The Bertz CT molecular complexity index is 442. The number of rotatable bonds is 5. The van der Waals surface area contributed by atoms with Crippen LogP contribution in [0.3, 0.4) is 0 Å². The van der Waals surface area contributed by atoms with E-state index >= 15 is 0 Å². The van der Waals surface area contributed by atoms with E-state index in [1.807, 2.05) is 18.7 Å². The summed E-state index contributed by atoms with van der Waals surface area (Å²) in [4.78, 5) is 14.2. The molecule has 1 fully saturated rings. The monoisotopic (exact) mass is 280 g/mol. The number of piperidine rings is 1. The molecule has 1 amide bonds. The summed E-state index contributed by atoms with van der Waals surface area (Å²) >= 11 is 0. The van der Waals surface area contributed by atoms with Crippen LogP contribution in [0.5, 0.6) is 0 Å². The molecule has 0 N–H and O–H groups in total. The van der Waals surface area contributed by atoms with Crippen molar-refractivity contribution in [1.82, 2.24) is 10.1 Å². The van der Waals surface area contributed by atoms with E-state index in [1.54, 1.807) is 6.07 Å². The number of hydrogen-bond donors (Lipinski definition) is 0. The molecule has 5 nitrogen and oxygen atoms in total. The molecule has 0 bridgehead atoms. The number of aromatic nitrogens is 1. The first-order valence-electron chi connectivity index (χ1n) is 7.49. The molecule has 0 aliphatic carbocycles. The summed E-state index contributed by atoms with van der Waals surface area (Å²) in [6.07, 6.45) is 3.16. The van der Waals surface area contributed by atoms with Gasteiger partial charge >= 0.3 is 0 Å². The second-order valence-electron chi connectivity index (χ2n) is 5.66. The van der Waals surface area contributed by atoms with E-state index in [0.29, 0.717) is 12.3 Å². The molecular weight excluding hydrogens is 256 g/mol. The zero-order valence-electron chi connectivity index (χ0n) is 12.6. The van der Waals surface area contributed by atoms with E-state index in [9.17, 15) is 4.79 Å². The van der Waals surface area contributed by atoms with Crippen LogP contribution in [0.2, 0.25) is 0 Å². The molecule has 20 heavy (non-hydrogen) atoms. The fourth-order valence-corrected chi connectivity index (χ4v) is 2.36. The smallest absolute Gasteiger partial charge is 0.292 e. The quantitative estimate of drug-likeness (QED) is 0.832. The average Bonchev–Trinajstić information content (AvgIpc) is 2.94. The lowest BCUT2D eigenvalue weighted by atomic mass is 10.1. The summed E-state index contributed by atoms with van der Waals surface area (Å²) in [5, 5.41) is 3.95. The van der Waals surface area contributed by atoms with Crippen molar-refractivity contribution < 1.29 is 14.1 Å². The SMILES string of the molecule is CCCO[C@@H]1CCCN(C(=O)c2cc(C(C)C)no2)C1. The van der Waals surface area contributed by atoms with Gasteiger partial charge in [-0.15, -0.1) is 0 Å². The normalized spacial score (nSPS) is 19.6. The molecule has 0 radical (unpaired) electrons. The van der Waals surface area contributed by atoms with Crippen molar-refractivity contribution in [3.63, 3.8) is 0 Å². The van der Waals surface area contributed by atoms with Crippen LogP contribution in [0.4, 0.5) is 0 Å². The van der Waals surface area contributed by atoms with Crippen molar-refractivity contribution >= 4 is 5.91 Å². The molecule has 1 aromatic rings. The molecule has 1 atom stereocenters. The highest BCUT2D eigenvalue weighted by Crippen LogP contribution is 2.19. The minimum atomic E-state index is -0.0748. The van der Waals surface area contributed by atoms with E-state index in [1.165, 1.54) is 0 Å². The molecule has 1 aromatic heterocycles. The second kappa shape index (κ2) is 6.88. The Morgan fingerprint density at radius 3 is 3.05 bits per heavy atom. The molecule has 0 spiro atoms. The first-order valence-corrected chi connectivity index (χ1v) is 7.49. The molecule has 112 valence electrons. The van der Waals surface area contributed by atoms with E-state index in [-0.39, 0.29) is 17.9 Å². The zero-order valence-corrected chi connectivity index (χ0v) is 12.6. The number of likely N-dealkylation sites (tertiary alicyclic amines) is 1. The van der Waals surface area contributed by atoms with Crippen molar-refractivity contribution in [1.29, 1.82) is 0 Å². The third kappa shape index (κ3) is 3.60. The van der Waals surface area contributed by atoms with Gasteiger partial charge in [0.05, 0.1) is 11.8 Å². The van der Waals surface area contributed by atoms with Crippen LogP contribution in [0.25, 0.3) is 0 Å². The van der Waals surface area contributed by atoms with Crippen LogP contribution in [0, 0.1) is 0 Å². The molecule has 5 heteroatoms. The van der Waals surface area contributed by atoms with Crippen LogP contribution < -0.4 is 0 Å². The summed E-state index contributed by atoms with van der Waals surface area (Å²) in [6.45, 7) is 8.32. The standard InChI is InChI=1S/C15H24N2O3/c1-4-8-19-12-6-5-7-17(10-12)15(18)14-9-13(11(2)3)16-20-14/h9,11-12H,4-8,10H2,1-3H3/t12-/m1/s1. The van der Waals surface area contributed by atoms with Crippen molar-refractivity contribution in [3.8, 4) is 0 Å². The molecule has 0 unspecified atom stereocenters. The van der Waals surface area contributed by atoms with Crippen LogP contribution in [-0.2, 0) is 4.74 Å². The van der Waals surface area contributed by atoms with Crippen LogP contribution in [0.15, 0.2) is 10.6 Å². The summed E-state index contributed by atoms with van der Waals surface area (Å²) < 4.78 is 10.9. The van der Waals surface area contributed by atoms with E-state index in [2.05, 4.69) is 12.1 Å². The predicted octanol–water partition coefficient (Wildman–Crippen LogP) is 2.83. The van der Waals surface area contributed by atoms with Crippen molar-refractivity contribution in [3.05, 3.63) is 17.5 Å². The summed E-state index contributed by atoms with van der Waals surface area (Å²) in [6, 6.07) is 1.75. The van der Waals surface area contributed by atoms with Crippen molar-refractivity contribution in [2.24, 2.45) is 0 Å². The Kier molecular flexibility index (Phi) is 5.17. The van der Waals surface area contributed by atoms with Crippen LogP contribution >= 0.6 is 0 Å². The van der Waals surface area contributed by atoms with Gasteiger partial charge in [0, 0.05) is 25.8 Å². The Hall–Kier alpha value is -1.36. The lowest BCUT2D eigenvalue weighted by Gasteiger charge is -2.31. The largest absolute Gasteiger partial charge is 0.376 e. The fraction of sp³-hybridized carbons (Fsp3) is 0.733. The fourth-order valence-electron chi connectivity index (χ4n) is 2.36. The molecule has 2 heterocycles. The van der Waals surface area contributed by atoms with Crippen molar-refractivity contribution in [2.75, 3.05) is 19.7 Å². The highest BCUT2D eigenvalue weighted by atomic mass is 16.5. The lowest BCUT2D eigenvalue weighted by Crippen LogP contribution is -2.43. The number of carbonyl (C=O) groups is 1. The third-order valence-corrected chi connectivity index (χ3v) is 3.55. The maximum absolute atomic E-state index is 12.4. The Balaban J connectivity index is 1.97. The van der Waals surface area contributed by atoms with Gasteiger partial charge in [0.15, 0.2) is 0 Å². The number of amides is 1. The number of ether oxygens (including phenoxy) is 1. The highest BCUT2D eigenvalue weighted by molar-refractivity contribution is 5.91. The summed E-state index contributed by atoms with van der Waals surface area (Å²) in [7, 11) is 0. The van der Waals surface area contributed by atoms with E-state index in [4.69, 9.17) is 9.26 Å². The Labute approximate surface area is 120 Å². The molecule has 1 aliphatic rings. The Morgan fingerprint density at radius 2 is 2.40 bits per heavy atom. The number of hydrogen-bond acceptors (Lipinski definition) is 4. The third-order valence-electron chi connectivity index (χ3n) is 3.55. The van der Waals surface area contributed by atoms with Gasteiger partial charge < -0.3 is 14.2 Å². The maximum Gasteiger partial charge on any atom is 0.292 e. The van der Waals surface area contributed by atoms with Gasteiger partial charge in [0.2, 0.25) is 5.76 Å². The molecule has 0 aromatic carbocycles. The topological polar surface area (TPSA) is 55.6 Å². The lowest BCUT2D eigenvalue weighted by molar-refractivity contribution is 0.000902. The van der Waals surface area contributed by atoms with Gasteiger partial charge in [-0.05, 0) is 25.2 Å². The zero-order chi connectivity index (χ0) is 14.5. The van der Waals surface area contributed by atoms with Gasteiger partial charge in [0.25, 0.3) is 5.91 Å². The second-order valence-corrected chi connectivity index (χ2v) is 5.66. The predicted molar refractivity (Wildman–Crippen MR) is 75.8 cm³/mol. The van der Waals surface area contributed by atoms with Crippen molar-refractivity contribution in [2.45, 2.75) is 52.1 Å². The van der Waals surface area contributed by atoms with Crippen LogP contribution in [-0.4, -0.2) is 41.8 Å². The average molecular weight is 280 g/mol. The minimum Gasteiger partial charge on any atom is -0.376 e. The van der Waals surface area contributed by atoms with Gasteiger partial charge in [-0.2, -0.15) is 0 Å². The number of carbonyl (C=O) groups excluding carboxylic acids is 1. The molecule has 1 saturated heterocycles. The molecule has 1 aliphatic heterocycles. The summed E-state index contributed by atoms with van der Waals surface area (Å²) in [5.74, 6) is 0.529. The molecule has 0 saturated carbocycles. The first-order chi connectivity index (χ1) is 9.61. The van der Waals surface area contributed by atoms with Gasteiger partial charge in [0.1, 0.15) is 0 Å². The van der Waals surface area contributed by atoms with Crippen LogP contribution in [0.1, 0.15) is 62.2 Å². The van der Waals surface area contributed by atoms with E-state index < -0.39 is 0 Å². The summed E-state index contributed by atoms with van der Waals surface area (Å²) in [5.41, 5.74) is 0.823. The molecule has 2 rings (SSSR count). The minimum absolute atomic E-state index is 0.0748. The van der Waals surface area contributed by atoms with Gasteiger partial charge in [-0.3, -0.25) is 4.79 Å². The van der Waals surface area contributed by atoms with E-state index in [0.717, 1.165) is 38.1 Å². The first kappa shape index (κ1) is 15.0. The molecular formula is C15H24N2O3. The number of nitrogens with zero attached hydrogens (tertiary/aromatic N) is 2. The van der Waals surface area contributed by atoms with Gasteiger partial charge in [-0.25, -0.2) is 0 Å². The highest BCUT2D eigenvalue weighted by Gasteiger charge is 2.27. The maximum atomic E-state index is 12.4.